The molecule has 1 heterocycles. The first-order valence-corrected chi connectivity index (χ1v) is 9.03. The van der Waals surface area contributed by atoms with Crippen LogP contribution in [0.5, 0.6) is 0 Å². The molecule has 0 bridgehead atoms. The Kier molecular flexibility index (Phi) is 8.00. The summed E-state index contributed by atoms with van der Waals surface area (Å²) in [6.45, 7) is 5.45. The molecule has 0 aliphatic heterocycles. The van der Waals surface area contributed by atoms with Crippen molar-refractivity contribution in [3.63, 3.8) is 0 Å². The molecule has 0 amide bonds. The molecule has 6 heteroatoms. The molecule has 2 aromatic rings. The van der Waals surface area contributed by atoms with Gasteiger partial charge in [0.2, 0.25) is 0 Å². The van der Waals surface area contributed by atoms with Crippen molar-refractivity contribution in [3.8, 4) is 11.3 Å². The van der Waals surface area contributed by atoms with Crippen LogP contribution in [0.2, 0.25) is 0 Å². The number of rotatable bonds is 6. The van der Waals surface area contributed by atoms with Gasteiger partial charge >= 0.3 is 0 Å². The molecule has 0 spiro atoms. The fraction of sp³-hybridized carbons (Fsp3) is 0.444. The Hall–Kier alpha value is -1.30. The average Bonchev–Trinajstić information content (AvgIpc) is 2.50. The average molecular weight is 368 g/mol. The molecule has 24 heavy (non-hydrogen) atoms. The molecular weight excluding hydrogens is 342 g/mol. The van der Waals surface area contributed by atoms with Gasteiger partial charge in [-0.1, -0.05) is 26.0 Å². The van der Waals surface area contributed by atoms with Crippen molar-refractivity contribution >= 4 is 24.2 Å². The SMILES string of the molecule is CSc1ccc(-c2cc(CN(C)C)c(=O)n(CC(C)C)n2)cc1.Cl. The molecule has 1 aromatic carbocycles. The molecule has 0 N–H and O–H groups in total. The summed E-state index contributed by atoms with van der Waals surface area (Å²) in [6.07, 6.45) is 2.06. The highest BCUT2D eigenvalue weighted by Crippen LogP contribution is 2.21. The smallest absolute Gasteiger partial charge is 0.271 e. The van der Waals surface area contributed by atoms with Crippen LogP contribution in [-0.2, 0) is 13.1 Å². The third-order valence-electron chi connectivity index (χ3n) is 3.46. The van der Waals surface area contributed by atoms with E-state index < -0.39 is 0 Å². The first kappa shape index (κ1) is 20.7. The fourth-order valence-electron chi connectivity index (χ4n) is 2.42. The van der Waals surface area contributed by atoms with E-state index in [0.29, 0.717) is 19.0 Å². The first-order valence-electron chi connectivity index (χ1n) is 7.81. The summed E-state index contributed by atoms with van der Waals surface area (Å²) < 4.78 is 1.61. The molecule has 1 aromatic heterocycles. The van der Waals surface area contributed by atoms with E-state index in [4.69, 9.17) is 0 Å². The predicted octanol–water partition coefficient (Wildman–Crippen LogP) is 3.77. The van der Waals surface area contributed by atoms with E-state index in [2.05, 4.69) is 49.5 Å². The van der Waals surface area contributed by atoms with Crippen LogP contribution in [0, 0.1) is 5.92 Å². The highest BCUT2D eigenvalue weighted by atomic mass is 35.5. The van der Waals surface area contributed by atoms with E-state index in [-0.39, 0.29) is 18.0 Å². The highest BCUT2D eigenvalue weighted by Gasteiger charge is 2.12. The van der Waals surface area contributed by atoms with Crippen molar-refractivity contribution in [2.75, 3.05) is 20.4 Å². The van der Waals surface area contributed by atoms with Gasteiger partial charge in [-0.15, -0.1) is 24.2 Å². The van der Waals surface area contributed by atoms with Crippen molar-refractivity contribution < 1.29 is 0 Å². The lowest BCUT2D eigenvalue weighted by Crippen LogP contribution is -2.30. The molecule has 4 nitrogen and oxygen atoms in total. The zero-order chi connectivity index (χ0) is 17.0. The summed E-state index contributed by atoms with van der Waals surface area (Å²) >= 11 is 1.72. The summed E-state index contributed by atoms with van der Waals surface area (Å²) in [7, 11) is 3.94. The Morgan fingerprint density at radius 3 is 2.33 bits per heavy atom. The summed E-state index contributed by atoms with van der Waals surface area (Å²) in [5.74, 6) is 0.376. The van der Waals surface area contributed by atoms with Gasteiger partial charge in [0.1, 0.15) is 0 Å². The van der Waals surface area contributed by atoms with Crippen LogP contribution in [0.4, 0.5) is 0 Å². The molecule has 132 valence electrons. The van der Waals surface area contributed by atoms with Crippen molar-refractivity contribution in [1.82, 2.24) is 14.7 Å². The minimum Gasteiger partial charge on any atom is -0.305 e. The van der Waals surface area contributed by atoms with Crippen LogP contribution in [0.15, 0.2) is 40.0 Å². The number of aromatic nitrogens is 2. The molecular formula is C18H26ClN3OS. The van der Waals surface area contributed by atoms with E-state index in [1.54, 1.807) is 16.4 Å². The summed E-state index contributed by atoms with van der Waals surface area (Å²) in [6, 6.07) is 10.2. The summed E-state index contributed by atoms with van der Waals surface area (Å²) in [5, 5.41) is 4.58. The summed E-state index contributed by atoms with van der Waals surface area (Å²) in [4.78, 5) is 15.8. The predicted molar refractivity (Wildman–Crippen MR) is 105 cm³/mol. The molecule has 0 aliphatic rings. The second-order valence-corrected chi connectivity index (χ2v) is 7.28. The van der Waals surface area contributed by atoms with Gasteiger partial charge in [-0.05, 0) is 44.5 Å². The number of halogens is 1. The normalized spacial score (nSPS) is 11.0. The zero-order valence-corrected chi connectivity index (χ0v) is 16.6. The minimum absolute atomic E-state index is 0. The quantitative estimate of drug-likeness (QED) is 0.728. The van der Waals surface area contributed by atoms with Crippen molar-refractivity contribution in [3.05, 3.63) is 46.2 Å². The maximum Gasteiger partial charge on any atom is 0.271 e. The Labute approximate surface area is 154 Å². The van der Waals surface area contributed by atoms with Gasteiger partial charge in [0, 0.05) is 29.1 Å². The van der Waals surface area contributed by atoms with E-state index >= 15 is 0 Å². The maximum absolute atomic E-state index is 12.6. The second kappa shape index (κ2) is 9.25. The van der Waals surface area contributed by atoms with E-state index in [1.165, 1.54) is 4.90 Å². The minimum atomic E-state index is 0. The standard InChI is InChI=1S/C18H25N3OS.ClH/c1-13(2)11-21-18(22)15(12-20(3)4)10-17(19-21)14-6-8-16(23-5)9-7-14;/h6-10,13H,11-12H2,1-5H3;1H. The third kappa shape index (κ3) is 5.36. The van der Waals surface area contributed by atoms with E-state index in [9.17, 15) is 4.79 Å². The lowest BCUT2D eigenvalue weighted by molar-refractivity contribution is 0.392. The van der Waals surface area contributed by atoms with Crippen LogP contribution in [-0.4, -0.2) is 35.0 Å². The Morgan fingerprint density at radius 1 is 1.21 bits per heavy atom. The van der Waals surface area contributed by atoms with Crippen molar-refractivity contribution in [2.24, 2.45) is 5.92 Å². The Balaban J connectivity index is 0.00000288. The molecule has 2 rings (SSSR count). The first-order chi connectivity index (χ1) is 10.9. The number of hydrogen-bond donors (Lipinski definition) is 0. The van der Waals surface area contributed by atoms with Crippen LogP contribution >= 0.6 is 24.2 Å². The van der Waals surface area contributed by atoms with Gasteiger partial charge in [-0.2, -0.15) is 5.10 Å². The lowest BCUT2D eigenvalue weighted by atomic mass is 10.1. The topological polar surface area (TPSA) is 38.1 Å². The highest BCUT2D eigenvalue weighted by molar-refractivity contribution is 7.98. The maximum atomic E-state index is 12.6. The van der Waals surface area contributed by atoms with Crippen LogP contribution in [0.1, 0.15) is 19.4 Å². The van der Waals surface area contributed by atoms with Crippen molar-refractivity contribution in [2.45, 2.75) is 31.8 Å². The number of nitrogens with zero attached hydrogens (tertiary/aromatic N) is 3. The van der Waals surface area contributed by atoms with Crippen LogP contribution in [0.3, 0.4) is 0 Å². The largest absolute Gasteiger partial charge is 0.305 e. The summed E-state index contributed by atoms with van der Waals surface area (Å²) in [5.41, 5.74) is 2.70. The van der Waals surface area contributed by atoms with Gasteiger partial charge in [0.05, 0.1) is 5.69 Å². The molecule has 0 saturated carbocycles. The second-order valence-electron chi connectivity index (χ2n) is 6.40. The monoisotopic (exact) mass is 367 g/mol. The third-order valence-corrected chi connectivity index (χ3v) is 4.20. The van der Waals surface area contributed by atoms with Gasteiger partial charge in [-0.3, -0.25) is 4.79 Å². The van der Waals surface area contributed by atoms with Gasteiger partial charge in [-0.25, -0.2) is 4.68 Å². The van der Waals surface area contributed by atoms with Crippen molar-refractivity contribution in [1.29, 1.82) is 0 Å². The lowest BCUT2D eigenvalue weighted by Gasteiger charge is -2.15. The molecule has 0 saturated heterocycles. The van der Waals surface area contributed by atoms with E-state index in [0.717, 1.165) is 16.8 Å². The van der Waals surface area contributed by atoms with E-state index in [1.807, 2.05) is 25.1 Å². The molecule has 0 atom stereocenters. The Bertz CT molecular complexity index is 677. The molecule has 0 aliphatic carbocycles. The van der Waals surface area contributed by atoms with Gasteiger partial charge < -0.3 is 4.90 Å². The number of hydrogen-bond acceptors (Lipinski definition) is 4. The molecule has 0 radical (unpaired) electrons. The number of thioether (sulfide) groups is 1. The fourth-order valence-corrected chi connectivity index (χ4v) is 2.83. The Morgan fingerprint density at radius 2 is 1.83 bits per heavy atom. The van der Waals surface area contributed by atoms with Gasteiger partial charge in [0.15, 0.2) is 0 Å². The van der Waals surface area contributed by atoms with Gasteiger partial charge in [0.25, 0.3) is 5.56 Å². The van der Waals surface area contributed by atoms with Crippen LogP contribution in [0.25, 0.3) is 11.3 Å². The molecule has 0 fully saturated rings. The zero-order valence-electron chi connectivity index (χ0n) is 14.9. The molecule has 0 unspecified atom stereocenters. The van der Waals surface area contributed by atoms with Crippen LogP contribution < -0.4 is 5.56 Å². The number of benzene rings is 1.